The molecule has 0 saturated carbocycles. The summed E-state index contributed by atoms with van der Waals surface area (Å²) < 4.78 is 0. The van der Waals surface area contributed by atoms with Crippen molar-refractivity contribution in [3.63, 3.8) is 0 Å². The van der Waals surface area contributed by atoms with Crippen LogP contribution in [-0.4, -0.2) is 23.7 Å². The zero-order valence-electron chi connectivity index (χ0n) is 13.1. The van der Waals surface area contributed by atoms with E-state index in [1.165, 1.54) is 11.1 Å². The van der Waals surface area contributed by atoms with Gasteiger partial charge in [0.15, 0.2) is 0 Å². The van der Waals surface area contributed by atoms with E-state index in [4.69, 9.17) is 5.11 Å². The molecular formula is C17H27NO2. The van der Waals surface area contributed by atoms with Crippen LogP contribution in [0.1, 0.15) is 51.7 Å². The number of carbonyl (C=O) groups excluding carboxylic acids is 1. The van der Waals surface area contributed by atoms with Crippen LogP contribution in [0.15, 0.2) is 24.3 Å². The fraction of sp³-hybridized carbons (Fsp3) is 0.588. The van der Waals surface area contributed by atoms with E-state index in [0.717, 1.165) is 6.42 Å². The lowest BCUT2D eigenvalue weighted by Gasteiger charge is -2.19. The van der Waals surface area contributed by atoms with E-state index >= 15 is 0 Å². The van der Waals surface area contributed by atoms with Gasteiger partial charge in [0.1, 0.15) is 0 Å². The lowest BCUT2D eigenvalue weighted by molar-refractivity contribution is -0.121. The Balaban J connectivity index is 2.37. The summed E-state index contributed by atoms with van der Waals surface area (Å²) in [6.07, 6.45) is 1.49. The third-order valence-electron chi connectivity index (χ3n) is 3.34. The molecule has 3 heteroatoms. The van der Waals surface area contributed by atoms with Gasteiger partial charge >= 0.3 is 0 Å². The highest BCUT2D eigenvalue weighted by Gasteiger charge is 2.12. The molecule has 1 aromatic rings. The van der Waals surface area contributed by atoms with Crippen molar-refractivity contribution in [2.45, 2.75) is 58.5 Å². The predicted molar refractivity (Wildman–Crippen MR) is 82.8 cm³/mol. The Morgan fingerprint density at radius 1 is 1.25 bits per heavy atom. The average Bonchev–Trinajstić information content (AvgIpc) is 2.35. The summed E-state index contributed by atoms with van der Waals surface area (Å²) in [4.78, 5) is 11.6. The third kappa shape index (κ3) is 6.20. The molecule has 0 aliphatic carbocycles. The van der Waals surface area contributed by atoms with Crippen LogP contribution in [0, 0.1) is 0 Å². The molecular weight excluding hydrogens is 250 g/mol. The smallest absolute Gasteiger partial charge is 0.220 e. The third-order valence-corrected chi connectivity index (χ3v) is 3.34. The number of nitrogens with one attached hydrogen (secondary N) is 1. The van der Waals surface area contributed by atoms with E-state index in [-0.39, 0.29) is 17.4 Å². The number of amides is 1. The van der Waals surface area contributed by atoms with Gasteiger partial charge in [0, 0.05) is 13.0 Å². The molecule has 0 bridgehead atoms. The summed E-state index contributed by atoms with van der Waals surface area (Å²) in [6.45, 7) is 8.84. The summed E-state index contributed by atoms with van der Waals surface area (Å²) in [5.74, 6) is 0.0468. The standard InChI is InChI=1S/C17H27NO2/c1-13(19)11-12-18-16(20)10-7-14-5-8-15(9-6-14)17(2,3)4/h5-6,8-9,13,19H,7,10-12H2,1-4H3,(H,18,20). The topological polar surface area (TPSA) is 49.3 Å². The van der Waals surface area contributed by atoms with Crippen LogP contribution in [0.4, 0.5) is 0 Å². The van der Waals surface area contributed by atoms with Gasteiger partial charge in [0.05, 0.1) is 6.10 Å². The second-order valence-electron chi connectivity index (χ2n) is 6.43. The number of hydrogen-bond acceptors (Lipinski definition) is 2. The zero-order chi connectivity index (χ0) is 15.2. The van der Waals surface area contributed by atoms with Gasteiger partial charge in [-0.2, -0.15) is 0 Å². The number of hydrogen-bond donors (Lipinski definition) is 2. The lowest BCUT2D eigenvalue weighted by Crippen LogP contribution is -2.26. The summed E-state index contributed by atoms with van der Waals surface area (Å²) in [5, 5.41) is 11.9. The Hall–Kier alpha value is -1.35. The van der Waals surface area contributed by atoms with Crippen LogP contribution < -0.4 is 5.32 Å². The van der Waals surface area contributed by atoms with Crippen LogP contribution in [0.3, 0.4) is 0 Å². The van der Waals surface area contributed by atoms with Crippen molar-refractivity contribution in [3.8, 4) is 0 Å². The number of aryl methyl sites for hydroxylation is 1. The number of aliphatic hydroxyl groups is 1. The van der Waals surface area contributed by atoms with Crippen molar-refractivity contribution in [1.82, 2.24) is 5.32 Å². The van der Waals surface area contributed by atoms with Crippen molar-refractivity contribution < 1.29 is 9.90 Å². The first-order valence-corrected chi connectivity index (χ1v) is 7.33. The van der Waals surface area contributed by atoms with E-state index < -0.39 is 0 Å². The molecule has 1 aromatic carbocycles. The predicted octanol–water partition coefficient (Wildman–Crippen LogP) is 2.80. The molecule has 0 fully saturated rings. The maximum Gasteiger partial charge on any atom is 0.220 e. The van der Waals surface area contributed by atoms with Crippen LogP contribution in [-0.2, 0) is 16.6 Å². The minimum atomic E-state index is -0.361. The molecule has 0 spiro atoms. The zero-order valence-corrected chi connectivity index (χ0v) is 13.1. The molecule has 0 radical (unpaired) electrons. The number of rotatable bonds is 6. The molecule has 1 amide bonds. The van der Waals surface area contributed by atoms with Gasteiger partial charge in [-0.1, -0.05) is 45.0 Å². The molecule has 20 heavy (non-hydrogen) atoms. The maximum atomic E-state index is 11.6. The SMILES string of the molecule is CC(O)CCNC(=O)CCc1ccc(C(C)(C)C)cc1. The second kappa shape index (κ2) is 7.44. The van der Waals surface area contributed by atoms with Crippen LogP contribution in [0.2, 0.25) is 0 Å². The van der Waals surface area contributed by atoms with Gasteiger partial charge in [-0.3, -0.25) is 4.79 Å². The molecule has 0 heterocycles. The fourth-order valence-electron chi connectivity index (χ4n) is 1.94. The van der Waals surface area contributed by atoms with Crippen LogP contribution >= 0.6 is 0 Å². The van der Waals surface area contributed by atoms with E-state index in [1.807, 2.05) is 0 Å². The van der Waals surface area contributed by atoms with Crippen LogP contribution in [0.5, 0.6) is 0 Å². The fourth-order valence-corrected chi connectivity index (χ4v) is 1.94. The minimum absolute atomic E-state index is 0.0468. The Labute approximate surface area is 122 Å². The first-order chi connectivity index (χ1) is 9.29. The molecule has 112 valence electrons. The Morgan fingerprint density at radius 3 is 2.35 bits per heavy atom. The van der Waals surface area contributed by atoms with Gasteiger partial charge in [0.25, 0.3) is 0 Å². The molecule has 0 aliphatic rings. The minimum Gasteiger partial charge on any atom is -0.393 e. The van der Waals surface area contributed by atoms with Gasteiger partial charge in [-0.05, 0) is 36.3 Å². The molecule has 0 aromatic heterocycles. The highest BCUT2D eigenvalue weighted by Crippen LogP contribution is 2.22. The van der Waals surface area contributed by atoms with E-state index in [2.05, 4.69) is 50.4 Å². The second-order valence-corrected chi connectivity index (χ2v) is 6.43. The summed E-state index contributed by atoms with van der Waals surface area (Å²) in [6, 6.07) is 8.48. The Kier molecular flexibility index (Phi) is 6.21. The van der Waals surface area contributed by atoms with Gasteiger partial charge in [0.2, 0.25) is 5.91 Å². The number of benzene rings is 1. The number of aliphatic hydroxyl groups excluding tert-OH is 1. The van der Waals surface area contributed by atoms with Crippen molar-refractivity contribution in [3.05, 3.63) is 35.4 Å². The molecule has 2 N–H and O–H groups in total. The van der Waals surface area contributed by atoms with Crippen molar-refractivity contribution >= 4 is 5.91 Å². The Morgan fingerprint density at radius 2 is 1.85 bits per heavy atom. The molecule has 3 nitrogen and oxygen atoms in total. The molecule has 1 rings (SSSR count). The van der Waals surface area contributed by atoms with E-state index in [9.17, 15) is 4.79 Å². The summed E-state index contributed by atoms with van der Waals surface area (Å²) in [5.41, 5.74) is 2.66. The number of carbonyl (C=O) groups is 1. The first kappa shape index (κ1) is 16.7. The normalized spacial score (nSPS) is 13.1. The van der Waals surface area contributed by atoms with Crippen molar-refractivity contribution in [2.75, 3.05) is 6.54 Å². The van der Waals surface area contributed by atoms with E-state index in [1.54, 1.807) is 6.92 Å². The van der Waals surface area contributed by atoms with Gasteiger partial charge in [-0.15, -0.1) is 0 Å². The van der Waals surface area contributed by atoms with Crippen LogP contribution in [0.25, 0.3) is 0 Å². The van der Waals surface area contributed by atoms with Gasteiger partial charge < -0.3 is 10.4 Å². The quantitative estimate of drug-likeness (QED) is 0.840. The molecule has 1 atom stereocenters. The monoisotopic (exact) mass is 277 g/mol. The van der Waals surface area contributed by atoms with E-state index in [0.29, 0.717) is 19.4 Å². The lowest BCUT2D eigenvalue weighted by atomic mass is 9.86. The largest absolute Gasteiger partial charge is 0.393 e. The van der Waals surface area contributed by atoms with Crippen molar-refractivity contribution in [2.24, 2.45) is 0 Å². The van der Waals surface area contributed by atoms with Crippen molar-refractivity contribution in [1.29, 1.82) is 0 Å². The molecule has 0 saturated heterocycles. The van der Waals surface area contributed by atoms with Gasteiger partial charge in [-0.25, -0.2) is 0 Å². The summed E-state index contributed by atoms with van der Waals surface area (Å²) in [7, 11) is 0. The highest BCUT2D eigenvalue weighted by molar-refractivity contribution is 5.76. The first-order valence-electron chi connectivity index (χ1n) is 7.33. The molecule has 0 aliphatic heterocycles. The maximum absolute atomic E-state index is 11.6. The Bertz CT molecular complexity index is 416. The molecule has 1 unspecified atom stereocenters. The summed E-state index contributed by atoms with van der Waals surface area (Å²) >= 11 is 0. The average molecular weight is 277 g/mol. The highest BCUT2D eigenvalue weighted by atomic mass is 16.3.